The van der Waals surface area contributed by atoms with E-state index in [9.17, 15) is 17.6 Å². The van der Waals surface area contributed by atoms with E-state index < -0.39 is 15.8 Å². The molecule has 0 radical (unpaired) electrons. The fourth-order valence-electron chi connectivity index (χ4n) is 2.34. The number of amides is 1. The highest BCUT2D eigenvalue weighted by atomic mass is 32.2. The molecule has 1 amide bonds. The molecule has 21 heavy (non-hydrogen) atoms. The normalized spacial score (nSPS) is 17.6. The van der Waals surface area contributed by atoms with Crippen molar-refractivity contribution in [3.63, 3.8) is 0 Å². The predicted molar refractivity (Wildman–Crippen MR) is 77.7 cm³/mol. The summed E-state index contributed by atoms with van der Waals surface area (Å²) in [6, 6.07) is 3.50. The Morgan fingerprint density at radius 1 is 1.38 bits per heavy atom. The average Bonchev–Trinajstić information content (AvgIpc) is 2.38. The van der Waals surface area contributed by atoms with Gasteiger partial charge in [-0.15, -0.1) is 0 Å². The van der Waals surface area contributed by atoms with Crippen LogP contribution in [0.1, 0.15) is 23.2 Å². The van der Waals surface area contributed by atoms with Gasteiger partial charge in [-0.2, -0.15) is 0 Å². The fraction of sp³-hybridized carbons (Fsp3) is 0.462. The monoisotopic (exact) mass is 315 g/mol. The predicted octanol–water partition coefficient (Wildman–Crippen LogP) is 0.562. The highest BCUT2D eigenvalue weighted by molar-refractivity contribution is 7.88. The highest BCUT2D eigenvalue weighted by Crippen LogP contribution is 2.16. The van der Waals surface area contributed by atoms with Crippen LogP contribution in [0.25, 0.3) is 0 Å². The van der Waals surface area contributed by atoms with Crippen molar-refractivity contribution < 1.29 is 17.6 Å². The summed E-state index contributed by atoms with van der Waals surface area (Å²) in [5.74, 6) is -0.865. The number of nitrogens with two attached hydrogens (primary N) is 1. The minimum Gasteiger partial charge on any atom is -0.398 e. The molecule has 0 saturated carbocycles. The molecule has 0 spiro atoms. The van der Waals surface area contributed by atoms with Crippen LogP contribution in [0.5, 0.6) is 0 Å². The standard InChI is InChI=1S/C13H18FN3O3S/c1-21(19,20)17-6-4-10(5-7-17)16-13(18)11-3-2-9(14)8-12(11)15/h2-3,8,10H,4-7,15H2,1H3,(H,16,18). The van der Waals surface area contributed by atoms with Crippen LogP contribution in [0.3, 0.4) is 0 Å². The van der Waals surface area contributed by atoms with Gasteiger partial charge in [0, 0.05) is 24.8 Å². The second-order valence-corrected chi connectivity index (χ2v) is 7.12. The van der Waals surface area contributed by atoms with Crippen LogP contribution >= 0.6 is 0 Å². The summed E-state index contributed by atoms with van der Waals surface area (Å²) in [5.41, 5.74) is 5.93. The molecule has 0 atom stereocenters. The zero-order valence-corrected chi connectivity index (χ0v) is 12.5. The van der Waals surface area contributed by atoms with Gasteiger partial charge in [-0.05, 0) is 31.0 Å². The molecule has 1 heterocycles. The van der Waals surface area contributed by atoms with Crippen LogP contribution < -0.4 is 11.1 Å². The summed E-state index contributed by atoms with van der Waals surface area (Å²) in [7, 11) is -3.18. The van der Waals surface area contributed by atoms with Crippen LogP contribution in [0.4, 0.5) is 10.1 Å². The van der Waals surface area contributed by atoms with Gasteiger partial charge in [0.05, 0.1) is 11.8 Å². The van der Waals surface area contributed by atoms with Gasteiger partial charge in [-0.25, -0.2) is 17.1 Å². The minimum atomic E-state index is -3.18. The molecule has 1 aromatic carbocycles. The number of carbonyl (C=O) groups excluding carboxylic acids is 1. The van der Waals surface area contributed by atoms with E-state index in [4.69, 9.17) is 5.73 Å². The van der Waals surface area contributed by atoms with Gasteiger partial charge < -0.3 is 11.1 Å². The second kappa shape index (κ2) is 5.98. The Morgan fingerprint density at radius 3 is 2.52 bits per heavy atom. The van der Waals surface area contributed by atoms with E-state index in [1.54, 1.807) is 0 Å². The van der Waals surface area contributed by atoms with Crippen molar-refractivity contribution in [1.82, 2.24) is 9.62 Å². The first-order valence-corrected chi connectivity index (χ1v) is 8.43. The van der Waals surface area contributed by atoms with Gasteiger partial charge in [0.2, 0.25) is 10.0 Å². The first-order chi connectivity index (χ1) is 9.77. The molecule has 116 valence electrons. The smallest absolute Gasteiger partial charge is 0.253 e. The molecular weight excluding hydrogens is 297 g/mol. The lowest BCUT2D eigenvalue weighted by atomic mass is 10.1. The van der Waals surface area contributed by atoms with Gasteiger partial charge >= 0.3 is 0 Å². The maximum absolute atomic E-state index is 13.0. The van der Waals surface area contributed by atoms with Crippen molar-refractivity contribution in [2.75, 3.05) is 25.1 Å². The summed E-state index contributed by atoms with van der Waals surface area (Å²) in [5, 5.41) is 2.80. The van der Waals surface area contributed by atoms with Crippen molar-refractivity contribution in [1.29, 1.82) is 0 Å². The zero-order valence-electron chi connectivity index (χ0n) is 11.7. The third kappa shape index (κ3) is 3.92. The number of nitrogens with zero attached hydrogens (tertiary/aromatic N) is 1. The molecule has 1 aromatic rings. The van der Waals surface area contributed by atoms with E-state index in [-0.39, 0.29) is 23.2 Å². The number of halogens is 1. The number of nitrogen functional groups attached to an aromatic ring is 1. The van der Waals surface area contributed by atoms with E-state index in [1.165, 1.54) is 22.7 Å². The zero-order chi connectivity index (χ0) is 15.6. The van der Waals surface area contributed by atoms with Gasteiger partial charge in [-0.3, -0.25) is 4.79 Å². The lowest BCUT2D eigenvalue weighted by molar-refractivity contribution is 0.0925. The maximum Gasteiger partial charge on any atom is 0.253 e. The number of rotatable bonds is 3. The van der Waals surface area contributed by atoms with E-state index >= 15 is 0 Å². The number of sulfonamides is 1. The van der Waals surface area contributed by atoms with Crippen LogP contribution in [-0.2, 0) is 10.0 Å². The molecule has 0 unspecified atom stereocenters. The number of nitrogens with one attached hydrogen (secondary N) is 1. The highest BCUT2D eigenvalue weighted by Gasteiger charge is 2.26. The Hall–Kier alpha value is -1.67. The Labute approximate surface area is 123 Å². The van der Waals surface area contributed by atoms with Crippen molar-refractivity contribution in [2.45, 2.75) is 18.9 Å². The summed E-state index contributed by atoms with van der Waals surface area (Å²) >= 11 is 0. The molecule has 0 aromatic heterocycles. The van der Waals surface area contributed by atoms with Crippen LogP contribution in [0.15, 0.2) is 18.2 Å². The van der Waals surface area contributed by atoms with Crippen molar-refractivity contribution >= 4 is 21.6 Å². The molecule has 1 saturated heterocycles. The SMILES string of the molecule is CS(=O)(=O)N1CCC(NC(=O)c2ccc(F)cc2N)CC1. The van der Waals surface area contributed by atoms with Gasteiger partial charge in [-0.1, -0.05) is 0 Å². The Morgan fingerprint density at radius 2 is 2.00 bits per heavy atom. The number of hydrogen-bond acceptors (Lipinski definition) is 4. The number of carbonyl (C=O) groups is 1. The first-order valence-electron chi connectivity index (χ1n) is 6.58. The summed E-state index contributed by atoms with van der Waals surface area (Å²) < 4.78 is 37.1. The van der Waals surface area contributed by atoms with E-state index in [1.807, 2.05) is 0 Å². The molecule has 3 N–H and O–H groups in total. The van der Waals surface area contributed by atoms with Crippen molar-refractivity contribution in [3.8, 4) is 0 Å². The number of hydrogen-bond donors (Lipinski definition) is 2. The van der Waals surface area contributed by atoms with Crippen LogP contribution in [0, 0.1) is 5.82 Å². The van der Waals surface area contributed by atoms with Crippen molar-refractivity contribution in [3.05, 3.63) is 29.6 Å². The third-order valence-electron chi connectivity index (χ3n) is 3.52. The average molecular weight is 315 g/mol. The Kier molecular flexibility index (Phi) is 4.48. The summed E-state index contributed by atoms with van der Waals surface area (Å²) in [4.78, 5) is 12.1. The van der Waals surface area contributed by atoms with E-state index in [2.05, 4.69) is 5.32 Å². The fourth-order valence-corrected chi connectivity index (χ4v) is 3.21. The van der Waals surface area contributed by atoms with E-state index in [0.29, 0.717) is 25.9 Å². The molecule has 1 aliphatic heterocycles. The number of anilines is 1. The number of piperidine rings is 1. The summed E-state index contributed by atoms with van der Waals surface area (Å²) in [6.07, 6.45) is 2.25. The lowest BCUT2D eigenvalue weighted by Gasteiger charge is -2.30. The Bertz CT molecular complexity index is 640. The van der Waals surface area contributed by atoms with Crippen LogP contribution in [0.2, 0.25) is 0 Å². The molecular formula is C13H18FN3O3S. The molecule has 0 aliphatic carbocycles. The van der Waals surface area contributed by atoms with Crippen molar-refractivity contribution in [2.24, 2.45) is 0 Å². The molecule has 1 aliphatic rings. The molecule has 2 rings (SSSR count). The molecule has 1 fully saturated rings. The lowest BCUT2D eigenvalue weighted by Crippen LogP contribution is -2.46. The van der Waals surface area contributed by atoms with Gasteiger partial charge in [0.15, 0.2) is 0 Å². The van der Waals surface area contributed by atoms with E-state index in [0.717, 1.165) is 6.07 Å². The van der Waals surface area contributed by atoms with Crippen LogP contribution in [-0.4, -0.2) is 44.0 Å². The minimum absolute atomic E-state index is 0.0843. The molecule has 6 nitrogen and oxygen atoms in total. The second-order valence-electron chi connectivity index (χ2n) is 5.14. The van der Waals surface area contributed by atoms with Gasteiger partial charge in [0.25, 0.3) is 5.91 Å². The topological polar surface area (TPSA) is 92.5 Å². The molecule has 8 heteroatoms. The quantitative estimate of drug-likeness (QED) is 0.797. The summed E-state index contributed by atoms with van der Waals surface area (Å²) in [6.45, 7) is 0.755. The maximum atomic E-state index is 13.0. The largest absolute Gasteiger partial charge is 0.398 e. The van der Waals surface area contributed by atoms with Gasteiger partial charge in [0.1, 0.15) is 5.82 Å². The molecule has 0 bridgehead atoms. The first kappa shape index (κ1) is 15.7. The third-order valence-corrected chi connectivity index (χ3v) is 4.82. The number of benzene rings is 1. The Balaban J connectivity index is 1.96.